The van der Waals surface area contributed by atoms with Crippen LogP contribution < -0.4 is 4.90 Å². The molecule has 104 valence electrons. The Hall–Kier alpha value is -1.55. The summed E-state index contributed by atoms with van der Waals surface area (Å²) in [6.45, 7) is 4.02. The lowest BCUT2D eigenvalue weighted by molar-refractivity contribution is -0.115. The first-order valence-corrected chi connectivity index (χ1v) is 7.86. The van der Waals surface area contributed by atoms with Crippen molar-refractivity contribution in [3.05, 3.63) is 39.9 Å². The standard InChI is InChI=1S/C16H17NO2S/c1-10-6-7-11(2)13(8-10)17-15(19)9-20-16(17)12-4-3-5-14(12)18/h6-8H,3-5,9H2,1-2H3. The Morgan fingerprint density at radius 1 is 1.15 bits per heavy atom. The monoisotopic (exact) mass is 287 g/mol. The number of Topliss-reactive ketones (excluding diaryl/α,β-unsaturated/α-hetero) is 1. The number of allylic oxidation sites excluding steroid dienone is 1. The van der Waals surface area contributed by atoms with Gasteiger partial charge in [0.1, 0.15) is 0 Å². The van der Waals surface area contributed by atoms with Crippen molar-refractivity contribution >= 4 is 29.1 Å². The molecular weight excluding hydrogens is 270 g/mol. The zero-order valence-electron chi connectivity index (χ0n) is 11.7. The molecular formula is C16H17NO2S. The summed E-state index contributed by atoms with van der Waals surface area (Å²) in [7, 11) is 0. The largest absolute Gasteiger partial charge is 0.294 e. The summed E-state index contributed by atoms with van der Waals surface area (Å²) in [6, 6.07) is 6.10. The van der Waals surface area contributed by atoms with Gasteiger partial charge < -0.3 is 0 Å². The Morgan fingerprint density at radius 2 is 1.95 bits per heavy atom. The number of aryl methyl sites for hydroxylation is 2. The first kappa shape index (κ1) is 13.4. The molecule has 1 amide bonds. The Kier molecular flexibility index (Phi) is 3.42. The van der Waals surface area contributed by atoms with Gasteiger partial charge in [-0.1, -0.05) is 23.9 Å². The van der Waals surface area contributed by atoms with E-state index >= 15 is 0 Å². The highest BCUT2D eigenvalue weighted by molar-refractivity contribution is 8.04. The molecule has 0 radical (unpaired) electrons. The lowest BCUT2D eigenvalue weighted by Gasteiger charge is -2.21. The number of hydrogen-bond donors (Lipinski definition) is 0. The van der Waals surface area contributed by atoms with Crippen molar-refractivity contribution in [3.63, 3.8) is 0 Å². The SMILES string of the molecule is Cc1ccc(C)c(N2C(=O)CSC2=C2CCCC2=O)c1. The molecule has 0 atom stereocenters. The zero-order valence-corrected chi connectivity index (χ0v) is 12.5. The van der Waals surface area contributed by atoms with E-state index in [4.69, 9.17) is 0 Å². The maximum atomic E-state index is 12.3. The molecule has 4 heteroatoms. The highest BCUT2D eigenvalue weighted by Crippen LogP contribution is 2.40. The predicted octanol–water partition coefficient (Wildman–Crippen LogP) is 3.35. The Bertz CT molecular complexity index is 633. The third-order valence-electron chi connectivity index (χ3n) is 3.82. The number of rotatable bonds is 1. The number of amides is 1. The van der Waals surface area contributed by atoms with Gasteiger partial charge in [-0.3, -0.25) is 14.5 Å². The van der Waals surface area contributed by atoms with Crippen LogP contribution in [0.5, 0.6) is 0 Å². The molecule has 3 nitrogen and oxygen atoms in total. The van der Waals surface area contributed by atoms with Gasteiger partial charge in [0.05, 0.1) is 16.5 Å². The lowest BCUT2D eigenvalue weighted by Crippen LogP contribution is -2.26. The molecule has 1 saturated heterocycles. The number of nitrogens with zero attached hydrogens (tertiary/aromatic N) is 1. The van der Waals surface area contributed by atoms with E-state index in [0.29, 0.717) is 12.2 Å². The van der Waals surface area contributed by atoms with E-state index in [-0.39, 0.29) is 11.7 Å². The average molecular weight is 287 g/mol. The first-order chi connectivity index (χ1) is 9.58. The molecule has 0 aromatic heterocycles. The van der Waals surface area contributed by atoms with Crippen LogP contribution in [-0.4, -0.2) is 17.4 Å². The molecule has 1 aromatic rings. The zero-order chi connectivity index (χ0) is 14.3. The number of hydrogen-bond acceptors (Lipinski definition) is 3. The molecule has 1 aromatic carbocycles. The minimum atomic E-state index is 0.0749. The van der Waals surface area contributed by atoms with Crippen molar-refractivity contribution < 1.29 is 9.59 Å². The van der Waals surface area contributed by atoms with E-state index in [0.717, 1.165) is 40.3 Å². The van der Waals surface area contributed by atoms with Gasteiger partial charge in [0.2, 0.25) is 5.91 Å². The fourth-order valence-electron chi connectivity index (χ4n) is 2.74. The van der Waals surface area contributed by atoms with Gasteiger partial charge in [-0.15, -0.1) is 0 Å². The predicted molar refractivity (Wildman–Crippen MR) is 81.7 cm³/mol. The van der Waals surface area contributed by atoms with Crippen LogP contribution in [0.4, 0.5) is 5.69 Å². The van der Waals surface area contributed by atoms with E-state index < -0.39 is 0 Å². The molecule has 0 bridgehead atoms. The Morgan fingerprint density at radius 3 is 2.65 bits per heavy atom. The normalized spacial score (nSPS) is 23.0. The first-order valence-electron chi connectivity index (χ1n) is 6.87. The van der Waals surface area contributed by atoms with Crippen molar-refractivity contribution in [2.24, 2.45) is 0 Å². The van der Waals surface area contributed by atoms with Gasteiger partial charge in [0.25, 0.3) is 0 Å². The number of carbonyl (C=O) groups is 2. The van der Waals surface area contributed by atoms with Gasteiger partial charge in [-0.25, -0.2) is 0 Å². The van der Waals surface area contributed by atoms with Crippen molar-refractivity contribution in [1.29, 1.82) is 0 Å². The minimum Gasteiger partial charge on any atom is -0.294 e. The molecule has 0 spiro atoms. The van der Waals surface area contributed by atoms with E-state index in [2.05, 4.69) is 0 Å². The second kappa shape index (κ2) is 5.09. The van der Waals surface area contributed by atoms with Crippen LogP contribution in [0, 0.1) is 13.8 Å². The van der Waals surface area contributed by atoms with Gasteiger partial charge >= 0.3 is 0 Å². The topological polar surface area (TPSA) is 37.4 Å². The van der Waals surface area contributed by atoms with Crippen molar-refractivity contribution in [2.45, 2.75) is 33.1 Å². The fraction of sp³-hybridized carbons (Fsp3) is 0.375. The number of carbonyl (C=O) groups excluding carboxylic acids is 2. The van der Waals surface area contributed by atoms with Crippen LogP contribution in [0.2, 0.25) is 0 Å². The third-order valence-corrected chi connectivity index (χ3v) is 4.91. The van der Waals surface area contributed by atoms with Crippen LogP contribution in [0.1, 0.15) is 30.4 Å². The maximum Gasteiger partial charge on any atom is 0.242 e. The van der Waals surface area contributed by atoms with Gasteiger partial charge in [-0.2, -0.15) is 0 Å². The molecule has 1 saturated carbocycles. The average Bonchev–Trinajstić information content (AvgIpc) is 2.98. The number of anilines is 1. The fourth-order valence-corrected chi connectivity index (χ4v) is 3.85. The Balaban J connectivity index is 2.12. The summed E-state index contributed by atoms with van der Waals surface area (Å²) in [6.07, 6.45) is 2.33. The van der Waals surface area contributed by atoms with Crippen LogP contribution in [0.3, 0.4) is 0 Å². The van der Waals surface area contributed by atoms with E-state index in [1.165, 1.54) is 11.8 Å². The van der Waals surface area contributed by atoms with E-state index in [1.807, 2.05) is 32.0 Å². The van der Waals surface area contributed by atoms with Gasteiger partial charge in [0.15, 0.2) is 5.78 Å². The smallest absolute Gasteiger partial charge is 0.242 e. The summed E-state index contributed by atoms with van der Waals surface area (Å²) in [4.78, 5) is 26.0. The molecule has 20 heavy (non-hydrogen) atoms. The molecule has 0 N–H and O–H groups in total. The highest BCUT2D eigenvalue weighted by atomic mass is 32.2. The minimum absolute atomic E-state index is 0.0749. The molecule has 2 aliphatic rings. The summed E-state index contributed by atoms with van der Waals surface area (Å²) < 4.78 is 0. The van der Waals surface area contributed by atoms with Crippen LogP contribution in [-0.2, 0) is 9.59 Å². The van der Waals surface area contributed by atoms with E-state index in [9.17, 15) is 9.59 Å². The number of ketones is 1. The molecule has 1 aliphatic carbocycles. The molecule has 1 heterocycles. The van der Waals surface area contributed by atoms with Crippen LogP contribution in [0.15, 0.2) is 28.8 Å². The van der Waals surface area contributed by atoms with Crippen molar-refractivity contribution in [3.8, 4) is 0 Å². The number of benzene rings is 1. The molecule has 2 fully saturated rings. The summed E-state index contributed by atoms with van der Waals surface area (Å²) >= 11 is 1.50. The molecule has 3 rings (SSSR count). The second-order valence-corrected chi connectivity index (χ2v) is 6.33. The molecule has 0 unspecified atom stereocenters. The van der Waals surface area contributed by atoms with Gasteiger partial charge in [-0.05, 0) is 43.9 Å². The summed E-state index contributed by atoms with van der Waals surface area (Å²) in [5, 5.41) is 0.867. The number of thioether (sulfide) groups is 1. The Labute approximate surface area is 123 Å². The maximum absolute atomic E-state index is 12.3. The van der Waals surface area contributed by atoms with Gasteiger partial charge in [0, 0.05) is 12.0 Å². The van der Waals surface area contributed by atoms with Crippen LogP contribution in [0.25, 0.3) is 0 Å². The quantitative estimate of drug-likeness (QED) is 0.743. The van der Waals surface area contributed by atoms with E-state index in [1.54, 1.807) is 4.90 Å². The van der Waals surface area contributed by atoms with Crippen molar-refractivity contribution in [2.75, 3.05) is 10.7 Å². The lowest BCUT2D eigenvalue weighted by atomic mass is 10.1. The highest BCUT2D eigenvalue weighted by Gasteiger charge is 2.34. The molecule has 1 aliphatic heterocycles. The second-order valence-electron chi connectivity index (χ2n) is 5.37. The van der Waals surface area contributed by atoms with Crippen LogP contribution >= 0.6 is 11.8 Å². The summed E-state index contributed by atoms with van der Waals surface area (Å²) in [5.74, 6) is 0.711. The van der Waals surface area contributed by atoms with Crippen molar-refractivity contribution in [1.82, 2.24) is 0 Å². The third kappa shape index (κ3) is 2.18. The summed E-state index contributed by atoms with van der Waals surface area (Å²) in [5.41, 5.74) is 3.95.